The number of aryl methyl sites for hydroxylation is 2. The van der Waals surface area contributed by atoms with Gasteiger partial charge in [0.1, 0.15) is 5.75 Å². The third-order valence-electron chi connectivity index (χ3n) is 5.21. The van der Waals surface area contributed by atoms with Crippen molar-refractivity contribution in [1.82, 2.24) is 5.32 Å². The maximum atomic E-state index is 12.5. The molecule has 0 heterocycles. The Labute approximate surface area is 139 Å². The van der Waals surface area contributed by atoms with Gasteiger partial charge in [0, 0.05) is 6.04 Å². The van der Waals surface area contributed by atoms with Crippen LogP contribution in [0.1, 0.15) is 69.4 Å². The van der Waals surface area contributed by atoms with Crippen molar-refractivity contribution >= 4 is 5.91 Å². The smallest absolute Gasteiger partial charge is 0.261 e. The maximum absolute atomic E-state index is 12.5. The number of hydrogen-bond donors (Lipinski definition) is 1. The second-order valence-electron chi connectivity index (χ2n) is 7.00. The first-order valence-corrected chi connectivity index (χ1v) is 9.35. The highest BCUT2D eigenvalue weighted by atomic mass is 16.5. The molecule has 2 aliphatic carbocycles. The van der Waals surface area contributed by atoms with Gasteiger partial charge in [0.25, 0.3) is 5.91 Å². The molecule has 0 saturated heterocycles. The Bertz CT molecular complexity index is 534. The molecule has 1 aromatic rings. The van der Waals surface area contributed by atoms with E-state index >= 15 is 0 Å². The van der Waals surface area contributed by atoms with Crippen molar-refractivity contribution in [2.24, 2.45) is 0 Å². The van der Waals surface area contributed by atoms with E-state index in [2.05, 4.69) is 17.4 Å². The number of amides is 1. The molecule has 0 spiro atoms. The van der Waals surface area contributed by atoms with E-state index in [1.54, 1.807) is 0 Å². The van der Waals surface area contributed by atoms with Crippen molar-refractivity contribution in [3.8, 4) is 5.75 Å². The summed E-state index contributed by atoms with van der Waals surface area (Å²) >= 11 is 0. The summed E-state index contributed by atoms with van der Waals surface area (Å²) < 4.78 is 6.02. The predicted octanol–water partition coefficient (Wildman–Crippen LogP) is 4.17. The molecule has 3 rings (SSSR count). The van der Waals surface area contributed by atoms with E-state index < -0.39 is 0 Å². The van der Waals surface area contributed by atoms with Crippen LogP contribution in [0.3, 0.4) is 0 Å². The first-order chi connectivity index (χ1) is 11.3. The van der Waals surface area contributed by atoms with Crippen molar-refractivity contribution in [2.75, 3.05) is 0 Å². The lowest BCUT2D eigenvalue weighted by molar-refractivity contribution is -0.129. The fraction of sp³-hybridized carbons (Fsp3) is 0.650. The van der Waals surface area contributed by atoms with Crippen LogP contribution < -0.4 is 10.1 Å². The molecule has 3 heteroatoms. The fourth-order valence-electron chi connectivity index (χ4n) is 3.81. The molecule has 1 amide bonds. The SMILES string of the molecule is CC[C@@H](Oc1ccc2c(c1)CCCC2)C(=O)NC1CCCCC1. The van der Waals surface area contributed by atoms with Gasteiger partial charge in [0.2, 0.25) is 0 Å². The van der Waals surface area contributed by atoms with Gasteiger partial charge in [-0.2, -0.15) is 0 Å². The summed E-state index contributed by atoms with van der Waals surface area (Å²) in [7, 11) is 0. The van der Waals surface area contributed by atoms with Gasteiger partial charge in [0.15, 0.2) is 6.10 Å². The summed E-state index contributed by atoms with van der Waals surface area (Å²) in [4.78, 5) is 12.5. The Morgan fingerprint density at radius 3 is 2.61 bits per heavy atom. The summed E-state index contributed by atoms with van der Waals surface area (Å²) in [6.07, 6.45) is 11.2. The fourth-order valence-corrected chi connectivity index (χ4v) is 3.81. The van der Waals surface area contributed by atoms with E-state index in [0.717, 1.165) is 25.0 Å². The molecule has 23 heavy (non-hydrogen) atoms. The standard InChI is InChI=1S/C20H29NO2/c1-2-19(20(22)21-17-10-4-3-5-11-17)23-18-13-12-15-8-6-7-9-16(15)14-18/h12-14,17,19H,2-11H2,1H3,(H,21,22)/t19-/m1/s1. The molecule has 0 unspecified atom stereocenters. The molecule has 1 atom stereocenters. The van der Waals surface area contributed by atoms with Crippen molar-refractivity contribution < 1.29 is 9.53 Å². The van der Waals surface area contributed by atoms with Crippen LogP contribution in [-0.2, 0) is 17.6 Å². The summed E-state index contributed by atoms with van der Waals surface area (Å²) in [6, 6.07) is 6.69. The number of nitrogens with one attached hydrogen (secondary N) is 1. The van der Waals surface area contributed by atoms with Crippen LogP contribution in [0.15, 0.2) is 18.2 Å². The molecule has 0 aromatic heterocycles. The van der Waals surface area contributed by atoms with Crippen LogP contribution in [0, 0.1) is 0 Å². The van der Waals surface area contributed by atoms with Gasteiger partial charge in [-0.3, -0.25) is 4.79 Å². The molecule has 1 fully saturated rings. The maximum Gasteiger partial charge on any atom is 0.261 e. The molecule has 0 aliphatic heterocycles. The minimum Gasteiger partial charge on any atom is -0.481 e. The number of benzene rings is 1. The van der Waals surface area contributed by atoms with Crippen molar-refractivity contribution in [1.29, 1.82) is 0 Å². The topological polar surface area (TPSA) is 38.3 Å². The van der Waals surface area contributed by atoms with E-state index in [4.69, 9.17) is 4.74 Å². The normalized spacial score (nSPS) is 19.7. The summed E-state index contributed by atoms with van der Waals surface area (Å²) in [5.74, 6) is 0.897. The number of carbonyl (C=O) groups is 1. The third kappa shape index (κ3) is 4.27. The molecule has 0 bridgehead atoms. The van der Waals surface area contributed by atoms with Gasteiger partial charge < -0.3 is 10.1 Å². The van der Waals surface area contributed by atoms with E-state index in [9.17, 15) is 4.79 Å². The lowest BCUT2D eigenvalue weighted by atomic mass is 9.92. The molecular formula is C20H29NO2. The zero-order valence-corrected chi connectivity index (χ0v) is 14.3. The van der Waals surface area contributed by atoms with Crippen molar-refractivity contribution in [3.05, 3.63) is 29.3 Å². The minimum atomic E-state index is -0.376. The van der Waals surface area contributed by atoms with Crippen LogP contribution in [0.5, 0.6) is 5.75 Å². The Morgan fingerprint density at radius 1 is 1.13 bits per heavy atom. The zero-order chi connectivity index (χ0) is 16.1. The second kappa shape index (κ2) is 7.85. The van der Waals surface area contributed by atoms with E-state index in [1.807, 2.05) is 13.0 Å². The number of hydrogen-bond acceptors (Lipinski definition) is 2. The Hall–Kier alpha value is -1.51. The summed E-state index contributed by atoms with van der Waals surface area (Å²) in [5.41, 5.74) is 2.85. The van der Waals surface area contributed by atoms with Gasteiger partial charge >= 0.3 is 0 Å². The lowest BCUT2D eigenvalue weighted by Gasteiger charge is -2.26. The highest BCUT2D eigenvalue weighted by Gasteiger charge is 2.23. The van der Waals surface area contributed by atoms with Gasteiger partial charge in [-0.25, -0.2) is 0 Å². The predicted molar refractivity (Wildman–Crippen MR) is 92.8 cm³/mol. The quantitative estimate of drug-likeness (QED) is 0.885. The third-order valence-corrected chi connectivity index (χ3v) is 5.21. The number of ether oxygens (including phenoxy) is 1. The Balaban J connectivity index is 1.60. The highest BCUT2D eigenvalue weighted by molar-refractivity contribution is 5.81. The zero-order valence-electron chi connectivity index (χ0n) is 14.3. The number of carbonyl (C=O) groups excluding carboxylic acids is 1. The van der Waals surface area contributed by atoms with Crippen LogP contribution in [0.2, 0.25) is 0 Å². The summed E-state index contributed by atoms with van der Waals surface area (Å²) in [5, 5.41) is 3.19. The molecule has 1 N–H and O–H groups in total. The Morgan fingerprint density at radius 2 is 1.87 bits per heavy atom. The molecule has 3 nitrogen and oxygen atoms in total. The first-order valence-electron chi connectivity index (χ1n) is 9.35. The van der Waals surface area contributed by atoms with Crippen LogP contribution in [0.25, 0.3) is 0 Å². The van der Waals surface area contributed by atoms with Crippen LogP contribution >= 0.6 is 0 Å². The van der Waals surface area contributed by atoms with Crippen molar-refractivity contribution in [3.63, 3.8) is 0 Å². The number of rotatable bonds is 5. The molecule has 126 valence electrons. The van der Waals surface area contributed by atoms with Gasteiger partial charge in [-0.05, 0) is 68.2 Å². The molecule has 1 aromatic carbocycles. The molecule has 1 saturated carbocycles. The van der Waals surface area contributed by atoms with Crippen molar-refractivity contribution in [2.45, 2.75) is 83.3 Å². The van der Waals surface area contributed by atoms with Gasteiger partial charge in [0.05, 0.1) is 0 Å². The number of fused-ring (bicyclic) bond motifs is 1. The van der Waals surface area contributed by atoms with E-state index in [0.29, 0.717) is 12.5 Å². The monoisotopic (exact) mass is 315 g/mol. The molecule has 0 radical (unpaired) electrons. The van der Waals surface area contributed by atoms with E-state index in [1.165, 1.54) is 49.7 Å². The Kier molecular flexibility index (Phi) is 5.58. The highest BCUT2D eigenvalue weighted by Crippen LogP contribution is 2.26. The van der Waals surface area contributed by atoms with Gasteiger partial charge in [-0.1, -0.05) is 32.3 Å². The first kappa shape index (κ1) is 16.4. The lowest BCUT2D eigenvalue weighted by Crippen LogP contribution is -2.44. The van der Waals surface area contributed by atoms with Gasteiger partial charge in [-0.15, -0.1) is 0 Å². The van der Waals surface area contributed by atoms with Crippen LogP contribution in [0.4, 0.5) is 0 Å². The minimum absolute atomic E-state index is 0.0529. The van der Waals surface area contributed by atoms with E-state index in [-0.39, 0.29) is 12.0 Å². The van der Waals surface area contributed by atoms with Crippen LogP contribution in [-0.4, -0.2) is 18.1 Å². The largest absolute Gasteiger partial charge is 0.481 e. The molecular weight excluding hydrogens is 286 g/mol. The molecule has 2 aliphatic rings. The summed E-state index contributed by atoms with van der Waals surface area (Å²) in [6.45, 7) is 2.02. The average molecular weight is 315 g/mol. The average Bonchev–Trinajstić information content (AvgIpc) is 2.60. The second-order valence-corrected chi connectivity index (χ2v) is 7.00.